The fraction of sp³-hybridized carbons (Fsp3) is 0.391. The number of thiazole rings is 1. The molecule has 0 radical (unpaired) electrons. The Morgan fingerprint density at radius 1 is 1.09 bits per heavy atom. The minimum Gasteiger partial charge on any atom is -0.383 e. The molecular weight excluding hydrogens is 465 g/mol. The molecule has 0 N–H and O–H groups in total. The normalized spacial score (nSPS) is 16.2. The van der Waals surface area contributed by atoms with Gasteiger partial charge in [0.2, 0.25) is 10.0 Å². The van der Waals surface area contributed by atoms with Crippen LogP contribution < -0.4 is 4.80 Å². The highest BCUT2D eigenvalue weighted by Crippen LogP contribution is 2.22. The van der Waals surface area contributed by atoms with Crippen LogP contribution in [0.4, 0.5) is 4.39 Å². The van der Waals surface area contributed by atoms with Gasteiger partial charge in [-0.25, -0.2) is 12.8 Å². The van der Waals surface area contributed by atoms with E-state index in [0.717, 1.165) is 25.7 Å². The molecule has 0 bridgehead atoms. The van der Waals surface area contributed by atoms with Gasteiger partial charge in [-0.3, -0.25) is 4.79 Å². The van der Waals surface area contributed by atoms with Crippen molar-refractivity contribution < 1.29 is 22.3 Å². The molecule has 4 rings (SSSR count). The molecule has 0 saturated carbocycles. The third-order valence-electron chi connectivity index (χ3n) is 5.67. The molecule has 33 heavy (non-hydrogen) atoms. The Kier molecular flexibility index (Phi) is 7.38. The smallest absolute Gasteiger partial charge is 0.279 e. The van der Waals surface area contributed by atoms with Crippen LogP contribution in [-0.2, 0) is 21.3 Å². The molecule has 1 aliphatic heterocycles. The monoisotopic (exact) mass is 491 g/mol. The van der Waals surface area contributed by atoms with E-state index >= 15 is 0 Å². The van der Waals surface area contributed by atoms with E-state index < -0.39 is 21.7 Å². The fourth-order valence-corrected chi connectivity index (χ4v) is 6.50. The number of halogens is 1. The van der Waals surface area contributed by atoms with E-state index in [1.165, 1.54) is 46.0 Å². The molecule has 1 amide bonds. The maximum atomic E-state index is 14.4. The summed E-state index contributed by atoms with van der Waals surface area (Å²) in [4.78, 5) is 17.6. The Morgan fingerprint density at radius 3 is 2.45 bits per heavy atom. The van der Waals surface area contributed by atoms with Crippen LogP contribution >= 0.6 is 11.3 Å². The van der Waals surface area contributed by atoms with Crippen molar-refractivity contribution in [2.24, 2.45) is 4.99 Å². The van der Waals surface area contributed by atoms with Crippen molar-refractivity contribution in [2.75, 3.05) is 26.8 Å². The number of hydrogen-bond donors (Lipinski definition) is 0. The van der Waals surface area contributed by atoms with Crippen molar-refractivity contribution in [3.05, 3.63) is 58.6 Å². The van der Waals surface area contributed by atoms with Crippen LogP contribution in [0.15, 0.2) is 52.4 Å². The highest BCUT2D eigenvalue weighted by Gasteiger charge is 2.25. The Labute approximate surface area is 196 Å². The van der Waals surface area contributed by atoms with E-state index in [0.29, 0.717) is 41.3 Å². The van der Waals surface area contributed by atoms with E-state index in [1.807, 2.05) is 0 Å². The minimum atomic E-state index is -3.59. The van der Waals surface area contributed by atoms with Crippen molar-refractivity contribution in [1.29, 1.82) is 0 Å². The van der Waals surface area contributed by atoms with Gasteiger partial charge in [0.1, 0.15) is 5.82 Å². The van der Waals surface area contributed by atoms with Gasteiger partial charge >= 0.3 is 0 Å². The zero-order valence-electron chi connectivity index (χ0n) is 18.4. The summed E-state index contributed by atoms with van der Waals surface area (Å²) in [5, 5.41) is 0. The van der Waals surface area contributed by atoms with Crippen LogP contribution in [0.5, 0.6) is 0 Å². The highest BCUT2D eigenvalue weighted by atomic mass is 32.2. The van der Waals surface area contributed by atoms with Crippen molar-refractivity contribution in [2.45, 2.75) is 37.1 Å². The van der Waals surface area contributed by atoms with Gasteiger partial charge in [-0.1, -0.05) is 30.2 Å². The number of benzene rings is 2. The molecule has 7 nitrogen and oxygen atoms in total. The quantitative estimate of drug-likeness (QED) is 0.525. The summed E-state index contributed by atoms with van der Waals surface area (Å²) in [6.45, 7) is 1.71. The predicted octanol–water partition coefficient (Wildman–Crippen LogP) is 3.79. The lowest BCUT2D eigenvalue weighted by Gasteiger charge is -2.19. The fourth-order valence-electron chi connectivity index (χ4n) is 3.91. The van der Waals surface area contributed by atoms with Crippen LogP contribution in [0.25, 0.3) is 10.2 Å². The number of hydrogen-bond acceptors (Lipinski definition) is 5. The number of methoxy groups -OCH3 is 1. The van der Waals surface area contributed by atoms with E-state index in [9.17, 15) is 17.6 Å². The third-order valence-corrected chi connectivity index (χ3v) is 8.63. The van der Waals surface area contributed by atoms with Gasteiger partial charge in [0, 0.05) is 32.3 Å². The molecule has 1 saturated heterocycles. The van der Waals surface area contributed by atoms with Crippen LogP contribution in [-0.4, -0.2) is 50.0 Å². The van der Waals surface area contributed by atoms with Crippen LogP contribution in [0.2, 0.25) is 0 Å². The summed E-state index contributed by atoms with van der Waals surface area (Å²) >= 11 is 1.22. The molecule has 10 heteroatoms. The number of aromatic nitrogens is 1. The zero-order chi connectivity index (χ0) is 23.4. The summed E-state index contributed by atoms with van der Waals surface area (Å²) in [5.74, 6) is -0.913. The van der Waals surface area contributed by atoms with Gasteiger partial charge < -0.3 is 9.30 Å². The number of rotatable bonds is 6. The van der Waals surface area contributed by atoms with Crippen LogP contribution in [0.3, 0.4) is 0 Å². The lowest BCUT2D eigenvalue weighted by atomic mass is 10.2. The van der Waals surface area contributed by atoms with E-state index in [4.69, 9.17) is 4.74 Å². The first kappa shape index (κ1) is 23.7. The van der Waals surface area contributed by atoms with E-state index in [1.54, 1.807) is 23.8 Å². The number of fused-ring (bicyclic) bond motifs is 1. The second-order valence-corrected chi connectivity index (χ2v) is 10.8. The third kappa shape index (κ3) is 5.08. The number of sulfonamides is 1. The van der Waals surface area contributed by atoms with Gasteiger partial charge in [-0.15, -0.1) is 0 Å². The summed E-state index contributed by atoms with van der Waals surface area (Å²) in [6.07, 6.45) is 3.78. The largest absolute Gasteiger partial charge is 0.383 e. The molecule has 0 aliphatic carbocycles. The topological polar surface area (TPSA) is 81.0 Å². The first-order chi connectivity index (χ1) is 15.9. The lowest BCUT2D eigenvalue weighted by molar-refractivity contribution is 0.0997. The molecule has 2 aromatic carbocycles. The number of carbonyl (C=O) groups excluding carboxylic acids is 1. The predicted molar refractivity (Wildman–Crippen MR) is 125 cm³/mol. The summed E-state index contributed by atoms with van der Waals surface area (Å²) in [5.41, 5.74) is 0.644. The average molecular weight is 492 g/mol. The average Bonchev–Trinajstić information content (AvgIpc) is 2.97. The van der Waals surface area contributed by atoms with Gasteiger partial charge in [0.25, 0.3) is 5.91 Å². The molecule has 176 valence electrons. The lowest BCUT2D eigenvalue weighted by Crippen LogP contribution is -2.31. The first-order valence-electron chi connectivity index (χ1n) is 10.9. The van der Waals surface area contributed by atoms with Gasteiger partial charge in [0.05, 0.1) is 21.7 Å². The number of ether oxygens (including phenoxy) is 1. The molecule has 0 spiro atoms. The second-order valence-electron chi connectivity index (χ2n) is 7.88. The minimum absolute atomic E-state index is 0.167. The summed E-state index contributed by atoms with van der Waals surface area (Å²) in [7, 11) is -2.04. The summed E-state index contributed by atoms with van der Waals surface area (Å²) < 4.78 is 49.3. The van der Waals surface area contributed by atoms with Gasteiger partial charge in [-0.2, -0.15) is 9.30 Å². The Balaban J connectivity index is 1.64. The standard InChI is InChI=1S/C23H26FN3O4S2/c1-31-16-15-27-21-19(24)7-6-8-20(21)32-23(27)25-22(28)17-9-11-18(12-10-17)33(29,30)26-13-4-2-3-5-14-26/h6-12H,2-5,13-16H2,1H3. The second kappa shape index (κ2) is 10.3. The summed E-state index contributed by atoms with van der Waals surface area (Å²) in [6, 6.07) is 10.6. The number of carbonyl (C=O) groups is 1. The molecule has 2 heterocycles. The highest BCUT2D eigenvalue weighted by molar-refractivity contribution is 7.89. The SMILES string of the molecule is COCCn1c(=NC(=O)c2ccc(S(=O)(=O)N3CCCCCC3)cc2)sc2cccc(F)c21. The molecule has 1 fully saturated rings. The van der Waals surface area contributed by atoms with Crippen LogP contribution in [0.1, 0.15) is 36.0 Å². The number of nitrogens with zero attached hydrogens (tertiary/aromatic N) is 3. The molecule has 0 unspecified atom stereocenters. The zero-order valence-corrected chi connectivity index (χ0v) is 20.0. The Bertz CT molecular complexity index is 1310. The van der Waals surface area contributed by atoms with Gasteiger partial charge in [-0.05, 0) is 49.2 Å². The number of amides is 1. The van der Waals surface area contributed by atoms with Crippen molar-refractivity contribution in [3.63, 3.8) is 0 Å². The van der Waals surface area contributed by atoms with E-state index in [2.05, 4.69) is 4.99 Å². The molecular formula is C23H26FN3O4S2. The van der Waals surface area contributed by atoms with Gasteiger partial charge in [0.15, 0.2) is 4.80 Å². The molecule has 0 atom stereocenters. The van der Waals surface area contributed by atoms with Crippen molar-refractivity contribution in [1.82, 2.24) is 8.87 Å². The number of para-hydroxylation sites is 1. The molecule has 3 aromatic rings. The van der Waals surface area contributed by atoms with Crippen LogP contribution in [0, 0.1) is 5.82 Å². The Hall–Kier alpha value is -2.40. The first-order valence-corrected chi connectivity index (χ1v) is 13.1. The Morgan fingerprint density at radius 2 is 1.79 bits per heavy atom. The van der Waals surface area contributed by atoms with Crippen molar-refractivity contribution >= 4 is 37.5 Å². The molecule has 1 aromatic heterocycles. The van der Waals surface area contributed by atoms with Crippen molar-refractivity contribution in [3.8, 4) is 0 Å². The van der Waals surface area contributed by atoms with E-state index in [-0.39, 0.29) is 10.5 Å². The maximum absolute atomic E-state index is 14.4. The molecule has 1 aliphatic rings. The maximum Gasteiger partial charge on any atom is 0.279 e.